The van der Waals surface area contributed by atoms with Gasteiger partial charge in [0.05, 0.1) is 12.2 Å². The number of amides is 2. The third kappa shape index (κ3) is 3.29. The number of nitrogens with zero attached hydrogens (tertiary/aromatic N) is 2. The predicted octanol–water partition coefficient (Wildman–Crippen LogP) is 2.67. The fourth-order valence-corrected chi connectivity index (χ4v) is 4.66. The maximum Gasteiger partial charge on any atom is 0.296 e. The number of likely N-dealkylation sites (tertiary alicyclic amines) is 1. The number of ketones is 1. The van der Waals surface area contributed by atoms with Crippen molar-refractivity contribution < 1.29 is 29.0 Å². The van der Waals surface area contributed by atoms with Crippen LogP contribution < -0.4 is 9.64 Å². The molecule has 0 saturated carbocycles. The lowest BCUT2D eigenvalue weighted by molar-refractivity contribution is -0.143. The van der Waals surface area contributed by atoms with Gasteiger partial charge in [0.15, 0.2) is 5.54 Å². The van der Waals surface area contributed by atoms with Gasteiger partial charge < -0.3 is 24.4 Å². The molecular formula is C25H26N2O6. The number of methoxy groups -OCH3 is 1. The molecule has 2 aliphatic rings. The Morgan fingerprint density at radius 1 is 1.06 bits per heavy atom. The van der Waals surface area contributed by atoms with Crippen LogP contribution in [0.5, 0.6) is 5.75 Å². The second-order valence-corrected chi connectivity index (χ2v) is 7.90. The molecule has 0 aliphatic carbocycles. The van der Waals surface area contributed by atoms with Gasteiger partial charge in [-0.05, 0) is 43.7 Å². The van der Waals surface area contributed by atoms with Gasteiger partial charge in [0.2, 0.25) is 0 Å². The minimum atomic E-state index is -1.74. The van der Waals surface area contributed by atoms with E-state index < -0.39 is 28.9 Å². The summed E-state index contributed by atoms with van der Waals surface area (Å²) in [6.45, 7) is 2.81. The summed E-state index contributed by atoms with van der Waals surface area (Å²) in [7, 11) is 3.14. The third-order valence-electron chi connectivity index (χ3n) is 6.11. The Hall–Kier alpha value is -3.65. The monoisotopic (exact) mass is 450 g/mol. The van der Waals surface area contributed by atoms with Crippen LogP contribution in [0.2, 0.25) is 0 Å². The maximum absolute atomic E-state index is 13.8. The number of fused-ring (bicyclic) bond motifs is 2. The first kappa shape index (κ1) is 22.5. The van der Waals surface area contributed by atoms with E-state index in [9.17, 15) is 19.5 Å². The molecule has 1 saturated heterocycles. The highest BCUT2D eigenvalue weighted by Gasteiger charge is 2.66. The predicted molar refractivity (Wildman–Crippen MR) is 122 cm³/mol. The summed E-state index contributed by atoms with van der Waals surface area (Å²) >= 11 is 0. The normalized spacial score (nSPS) is 21.2. The molecule has 0 aromatic heterocycles. The number of hydrogen-bond donors (Lipinski definition) is 1. The van der Waals surface area contributed by atoms with Crippen molar-refractivity contribution in [1.82, 2.24) is 4.90 Å². The Morgan fingerprint density at radius 3 is 2.42 bits per heavy atom. The number of benzene rings is 2. The Kier molecular flexibility index (Phi) is 5.95. The largest absolute Gasteiger partial charge is 0.507 e. The van der Waals surface area contributed by atoms with Crippen molar-refractivity contribution in [1.29, 1.82) is 0 Å². The van der Waals surface area contributed by atoms with Gasteiger partial charge in [0.1, 0.15) is 11.5 Å². The SMILES string of the molecule is CCOc1ccc(C(O)=C2C(=O)C(=O)N(CCCOC)[C@@]23C(=O)N(C)c2ccccc23)cc1. The van der Waals surface area contributed by atoms with Gasteiger partial charge in [-0.15, -0.1) is 0 Å². The summed E-state index contributed by atoms with van der Waals surface area (Å²) in [6.07, 6.45) is 0.424. The molecule has 0 unspecified atom stereocenters. The van der Waals surface area contributed by atoms with E-state index in [2.05, 4.69) is 0 Å². The molecule has 172 valence electrons. The van der Waals surface area contributed by atoms with Gasteiger partial charge in [-0.2, -0.15) is 0 Å². The number of Topliss-reactive ketones (excluding diaryl/α,β-unsaturated/α-hetero) is 1. The Balaban J connectivity index is 1.95. The van der Waals surface area contributed by atoms with Crippen molar-refractivity contribution in [2.45, 2.75) is 18.9 Å². The molecule has 2 heterocycles. The number of carbonyl (C=O) groups excluding carboxylic acids is 3. The summed E-state index contributed by atoms with van der Waals surface area (Å²) in [4.78, 5) is 43.0. The van der Waals surface area contributed by atoms with Crippen molar-refractivity contribution in [3.05, 3.63) is 65.2 Å². The van der Waals surface area contributed by atoms with E-state index >= 15 is 0 Å². The molecule has 2 aromatic carbocycles. The highest BCUT2D eigenvalue weighted by atomic mass is 16.5. The maximum atomic E-state index is 13.8. The first-order valence-corrected chi connectivity index (χ1v) is 10.8. The third-order valence-corrected chi connectivity index (χ3v) is 6.11. The molecule has 1 atom stereocenters. The van der Waals surface area contributed by atoms with E-state index in [1.165, 1.54) is 9.80 Å². The fraction of sp³-hybridized carbons (Fsp3) is 0.320. The molecule has 1 spiro atoms. The van der Waals surface area contributed by atoms with E-state index in [0.29, 0.717) is 42.2 Å². The molecule has 0 radical (unpaired) electrons. The van der Waals surface area contributed by atoms with E-state index in [1.54, 1.807) is 62.7 Å². The number of aliphatic hydroxyl groups is 1. The van der Waals surface area contributed by atoms with Gasteiger partial charge >= 0.3 is 0 Å². The zero-order valence-electron chi connectivity index (χ0n) is 18.8. The summed E-state index contributed by atoms with van der Waals surface area (Å²) in [5.74, 6) is -1.98. The molecule has 2 amide bonds. The van der Waals surface area contributed by atoms with Crippen LogP contribution in [0.25, 0.3) is 5.76 Å². The quantitative estimate of drug-likeness (QED) is 0.302. The summed E-state index contributed by atoms with van der Waals surface area (Å²) in [6, 6.07) is 13.5. The van der Waals surface area contributed by atoms with Crippen LogP contribution in [0.4, 0.5) is 5.69 Å². The number of hydrogen-bond acceptors (Lipinski definition) is 6. The Labute approximate surface area is 192 Å². The van der Waals surface area contributed by atoms with Crippen LogP contribution in [-0.4, -0.2) is 61.5 Å². The number of carbonyl (C=O) groups is 3. The number of anilines is 1. The highest BCUT2D eigenvalue weighted by Crippen LogP contribution is 2.53. The first-order chi connectivity index (χ1) is 15.9. The van der Waals surface area contributed by atoms with Crippen molar-refractivity contribution >= 4 is 29.0 Å². The molecule has 33 heavy (non-hydrogen) atoms. The zero-order chi connectivity index (χ0) is 23.8. The molecule has 4 rings (SSSR count). The molecule has 2 aliphatic heterocycles. The molecular weight excluding hydrogens is 424 g/mol. The topological polar surface area (TPSA) is 96.4 Å². The van der Waals surface area contributed by atoms with Gasteiger partial charge in [-0.25, -0.2) is 0 Å². The van der Waals surface area contributed by atoms with Crippen molar-refractivity contribution in [3.8, 4) is 5.75 Å². The van der Waals surface area contributed by atoms with Crippen molar-refractivity contribution in [2.75, 3.05) is 38.8 Å². The minimum absolute atomic E-state index is 0.117. The average Bonchev–Trinajstić information content (AvgIpc) is 3.18. The standard InChI is InChI=1S/C25H26N2O6/c1-4-33-17-12-10-16(11-13-17)21(28)20-22(29)23(30)27(14-7-15-32-3)25(20)18-8-5-6-9-19(18)26(2)24(25)31/h5-6,8-13,28H,4,7,14-15H2,1-3H3/t25-/m1/s1. The minimum Gasteiger partial charge on any atom is -0.507 e. The van der Waals surface area contributed by atoms with Crippen LogP contribution in [0, 0.1) is 0 Å². The molecule has 2 aromatic rings. The van der Waals surface area contributed by atoms with E-state index in [4.69, 9.17) is 9.47 Å². The lowest BCUT2D eigenvalue weighted by Crippen LogP contribution is -2.51. The highest BCUT2D eigenvalue weighted by molar-refractivity contribution is 6.50. The van der Waals surface area contributed by atoms with Crippen LogP contribution >= 0.6 is 0 Å². The summed E-state index contributed by atoms with van der Waals surface area (Å²) < 4.78 is 10.6. The summed E-state index contributed by atoms with van der Waals surface area (Å²) in [5, 5.41) is 11.3. The Bertz CT molecular complexity index is 1140. The Morgan fingerprint density at radius 2 is 1.76 bits per heavy atom. The second-order valence-electron chi connectivity index (χ2n) is 7.90. The number of ether oxygens (including phenoxy) is 2. The van der Waals surface area contributed by atoms with Crippen LogP contribution in [0.1, 0.15) is 24.5 Å². The lowest BCUT2D eigenvalue weighted by Gasteiger charge is -2.34. The van der Waals surface area contributed by atoms with Crippen LogP contribution in [-0.2, 0) is 24.7 Å². The van der Waals surface area contributed by atoms with Crippen molar-refractivity contribution in [2.24, 2.45) is 0 Å². The average molecular weight is 450 g/mol. The second kappa shape index (κ2) is 8.71. The zero-order valence-corrected chi connectivity index (χ0v) is 18.8. The molecule has 8 heteroatoms. The van der Waals surface area contributed by atoms with Crippen molar-refractivity contribution in [3.63, 3.8) is 0 Å². The number of rotatable bonds is 7. The first-order valence-electron chi connectivity index (χ1n) is 10.8. The van der Waals surface area contributed by atoms with Crippen LogP contribution in [0.3, 0.4) is 0 Å². The van der Waals surface area contributed by atoms with E-state index in [-0.39, 0.29) is 12.1 Å². The summed E-state index contributed by atoms with van der Waals surface area (Å²) in [5.41, 5.74) is -0.584. The number of aliphatic hydroxyl groups excluding tert-OH is 1. The smallest absolute Gasteiger partial charge is 0.296 e. The van der Waals surface area contributed by atoms with Gasteiger partial charge in [-0.3, -0.25) is 14.4 Å². The molecule has 1 fully saturated rings. The van der Waals surface area contributed by atoms with E-state index in [1.807, 2.05) is 6.92 Å². The number of likely N-dealkylation sites (N-methyl/N-ethyl adjacent to an activating group) is 1. The number of para-hydroxylation sites is 1. The van der Waals surface area contributed by atoms with Gasteiger partial charge in [0.25, 0.3) is 17.6 Å². The molecule has 8 nitrogen and oxygen atoms in total. The van der Waals surface area contributed by atoms with Gasteiger partial charge in [-0.1, -0.05) is 18.2 Å². The van der Waals surface area contributed by atoms with Gasteiger partial charge in [0, 0.05) is 44.1 Å². The molecule has 1 N–H and O–H groups in total. The molecule has 0 bridgehead atoms. The fourth-order valence-electron chi connectivity index (χ4n) is 4.66. The lowest BCUT2D eigenvalue weighted by atomic mass is 9.82. The van der Waals surface area contributed by atoms with Crippen LogP contribution in [0.15, 0.2) is 54.1 Å². The van der Waals surface area contributed by atoms with E-state index in [0.717, 1.165) is 0 Å².